The Morgan fingerprint density at radius 1 is 1.10 bits per heavy atom. The molecule has 1 saturated heterocycles. The number of nitrogens with zero attached hydrogens (tertiary/aromatic N) is 5. The van der Waals surface area contributed by atoms with Crippen LogP contribution in [0.4, 0.5) is 5.82 Å². The van der Waals surface area contributed by atoms with Crippen LogP contribution in [0.1, 0.15) is 54.2 Å². The number of rotatable bonds is 17. The van der Waals surface area contributed by atoms with Crippen LogP contribution < -0.4 is 11.1 Å². The molecule has 0 aliphatic carbocycles. The first-order chi connectivity index (χ1) is 22.8. The number of aliphatic hydroxyl groups is 2. The number of aliphatic hydroxyl groups excluding tert-OH is 2. The van der Waals surface area contributed by atoms with Gasteiger partial charge in [0.2, 0.25) is 5.91 Å². The molecule has 7 atom stereocenters. The lowest BCUT2D eigenvalue weighted by Crippen LogP contribution is -2.46. The van der Waals surface area contributed by atoms with Crippen molar-refractivity contribution in [2.45, 2.75) is 84.2 Å². The average molecular weight is 778 g/mol. The number of hydrogen-bond donors (Lipinski definition) is 8. The molecule has 5 unspecified atom stereocenters. The number of phosphoric ester groups is 3. The summed E-state index contributed by atoms with van der Waals surface area (Å²) < 4.78 is 62.0. The number of carbonyl (C=O) groups is 1. The van der Waals surface area contributed by atoms with Crippen molar-refractivity contribution >= 4 is 52.1 Å². The molecule has 2 aromatic heterocycles. The maximum absolute atomic E-state index is 12.6. The van der Waals surface area contributed by atoms with Crippen LogP contribution in [0, 0.1) is 5.41 Å². The molecule has 2 aromatic rings. The van der Waals surface area contributed by atoms with E-state index in [2.05, 4.69) is 34.3 Å². The van der Waals surface area contributed by atoms with Gasteiger partial charge in [-0.25, -0.2) is 28.6 Å². The molecule has 0 aromatic carbocycles. The van der Waals surface area contributed by atoms with E-state index in [-0.39, 0.29) is 23.5 Å². The number of nitrogen functional groups attached to an aromatic ring is 1. The van der Waals surface area contributed by atoms with E-state index in [9.17, 15) is 48.3 Å². The quantitative estimate of drug-likeness (QED) is 0.0615. The van der Waals surface area contributed by atoms with E-state index in [1.54, 1.807) is 6.92 Å². The Balaban J connectivity index is 1.59. The first-order valence-corrected chi connectivity index (χ1v) is 19.2. The van der Waals surface area contributed by atoms with E-state index in [1.807, 2.05) is 20.8 Å². The number of ether oxygens (including phenoxy) is 1. The monoisotopic (exact) mass is 777 g/mol. The molecule has 50 heavy (non-hydrogen) atoms. The van der Waals surface area contributed by atoms with Crippen LogP contribution in [0.25, 0.3) is 11.2 Å². The molecule has 1 fully saturated rings. The number of carbonyl (C=O) groups excluding carboxylic acids is 1. The number of oxime groups is 1. The Hall–Kier alpha value is -2.46. The second kappa shape index (κ2) is 16.1. The summed E-state index contributed by atoms with van der Waals surface area (Å²) in [5, 5.41) is 27.8. The molecule has 1 aliphatic rings. The molecular weight excluding hydrogens is 735 g/mol. The van der Waals surface area contributed by atoms with Crippen LogP contribution >= 0.6 is 23.5 Å². The number of imidazole rings is 1. The van der Waals surface area contributed by atoms with Gasteiger partial charge in [-0.05, 0) is 27.7 Å². The summed E-state index contributed by atoms with van der Waals surface area (Å²) in [6.45, 7) is 7.87. The fraction of sp³-hybridized carbons (Fsp3) is 0.708. The Labute approximate surface area is 285 Å². The summed E-state index contributed by atoms with van der Waals surface area (Å²) in [6, 6.07) is 0. The van der Waals surface area contributed by atoms with Gasteiger partial charge in [-0.1, -0.05) is 19.0 Å². The largest absolute Gasteiger partial charge is 0.481 e. The maximum atomic E-state index is 12.6. The minimum absolute atomic E-state index is 0.0294. The zero-order chi connectivity index (χ0) is 37.9. The Bertz CT molecular complexity index is 1680. The minimum Gasteiger partial charge on any atom is -0.390 e. The molecule has 1 amide bonds. The van der Waals surface area contributed by atoms with E-state index in [0.29, 0.717) is 12.1 Å². The van der Waals surface area contributed by atoms with Gasteiger partial charge in [0.1, 0.15) is 41.9 Å². The first-order valence-electron chi connectivity index (χ1n) is 14.6. The topological polar surface area (TPSA) is 339 Å². The molecule has 0 spiro atoms. The SMILES string of the molecule is C/C(CCNC(=O)[C@@H](O)C(C)(C)COP(=O)(O)OP(=O)(O)OCC1OC(n2cnc3c(N)ncnc32)C(O)[C@@H]1OP(=O)(O)O)=N\OC(C)(C)C. The van der Waals surface area contributed by atoms with Gasteiger partial charge in [0.05, 0.1) is 25.3 Å². The van der Waals surface area contributed by atoms with Crippen LogP contribution in [-0.2, 0) is 45.9 Å². The molecule has 0 bridgehead atoms. The Morgan fingerprint density at radius 3 is 2.36 bits per heavy atom. The number of amides is 1. The molecule has 9 N–H and O–H groups in total. The molecule has 1 aliphatic heterocycles. The van der Waals surface area contributed by atoms with E-state index in [0.717, 1.165) is 17.2 Å². The van der Waals surface area contributed by atoms with Gasteiger partial charge < -0.3 is 50.4 Å². The standard InChI is InChI=1S/C24H42N7O16P3/c1-13(30-46-23(2,3)4)7-8-26-21(34)18(33)24(5,6)10-43-50(40,41)47-49(38,39)42-9-14-17(45-48(35,36)37)16(32)22(44-14)31-12-29-15-19(25)27-11-28-20(15)31/h11-12,14,16-18,22,32-33H,7-10H2,1-6H3,(H,26,34)(H,38,39)(H,40,41)(H2,25,27,28)(H2,35,36,37)/b30-13+/t14?,16?,17-,18-,22?/m1/s1. The van der Waals surface area contributed by atoms with E-state index in [4.69, 9.17) is 24.4 Å². The summed E-state index contributed by atoms with van der Waals surface area (Å²) >= 11 is 0. The van der Waals surface area contributed by atoms with Crippen molar-refractivity contribution in [1.82, 2.24) is 24.8 Å². The summed E-state index contributed by atoms with van der Waals surface area (Å²) in [5.74, 6) is -0.880. The molecule has 3 heterocycles. The number of anilines is 1. The van der Waals surface area contributed by atoms with E-state index in [1.165, 1.54) is 13.8 Å². The molecule has 26 heteroatoms. The molecule has 3 rings (SSSR count). The third kappa shape index (κ3) is 12.1. The predicted octanol–water partition coefficient (Wildman–Crippen LogP) is 0.480. The number of aromatic nitrogens is 4. The minimum atomic E-state index is -5.52. The van der Waals surface area contributed by atoms with E-state index >= 15 is 0 Å². The van der Waals surface area contributed by atoms with Gasteiger partial charge >= 0.3 is 23.5 Å². The van der Waals surface area contributed by atoms with Crippen LogP contribution in [-0.4, -0.2) is 111 Å². The van der Waals surface area contributed by atoms with Gasteiger partial charge in [-0.3, -0.25) is 22.9 Å². The maximum Gasteiger partial charge on any atom is 0.481 e. The number of hydrogen-bond acceptors (Lipinski definition) is 17. The third-order valence-electron chi connectivity index (χ3n) is 6.69. The normalized spacial score (nSPS) is 23.7. The average Bonchev–Trinajstić information content (AvgIpc) is 3.53. The van der Waals surface area contributed by atoms with Gasteiger partial charge in [0.25, 0.3) is 0 Å². The van der Waals surface area contributed by atoms with Crippen LogP contribution in [0.5, 0.6) is 0 Å². The molecular formula is C24H42N7O16P3. The Kier molecular flexibility index (Phi) is 13.5. The molecule has 23 nitrogen and oxygen atoms in total. The highest BCUT2D eigenvalue weighted by Gasteiger charge is 2.50. The van der Waals surface area contributed by atoms with Crippen molar-refractivity contribution in [3.8, 4) is 0 Å². The van der Waals surface area contributed by atoms with Crippen LogP contribution in [0.2, 0.25) is 0 Å². The van der Waals surface area contributed by atoms with Crippen molar-refractivity contribution in [2.24, 2.45) is 10.6 Å². The molecule has 0 saturated carbocycles. The number of nitrogens with one attached hydrogen (secondary N) is 1. The van der Waals surface area contributed by atoms with Crippen molar-refractivity contribution in [2.75, 3.05) is 25.5 Å². The zero-order valence-electron chi connectivity index (χ0n) is 27.8. The molecule has 0 radical (unpaired) electrons. The fourth-order valence-electron chi connectivity index (χ4n) is 4.18. The second-order valence-electron chi connectivity index (χ2n) is 12.7. The summed E-state index contributed by atoms with van der Waals surface area (Å²) in [4.78, 5) is 68.6. The third-order valence-corrected chi connectivity index (χ3v) is 9.79. The highest BCUT2D eigenvalue weighted by atomic mass is 31.3. The molecule has 284 valence electrons. The lowest BCUT2D eigenvalue weighted by molar-refractivity contribution is -0.136. The Morgan fingerprint density at radius 2 is 1.74 bits per heavy atom. The number of nitrogens with two attached hydrogens (primary N) is 1. The van der Waals surface area contributed by atoms with Crippen LogP contribution in [0.15, 0.2) is 17.8 Å². The number of fused-ring (bicyclic) bond motifs is 1. The van der Waals surface area contributed by atoms with Crippen molar-refractivity contribution in [3.05, 3.63) is 12.7 Å². The number of phosphoric acid groups is 3. The van der Waals surface area contributed by atoms with Crippen LogP contribution in [0.3, 0.4) is 0 Å². The first kappa shape index (κ1) is 42.0. The fourth-order valence-corrected chi connectivity index (χ4v) is 7.01. The van der Waals surface area contributed by atoms with E-state index < -0.39 is 84.2 Å². The lowest BCUT2D eigenvalue weighted by atomic mass is 9.87. The summed E-state index contributed by atoms with van der Waals surface area (Å²) in [5.41, 5.74) is 4.43. The highest BCUT2D eigenvalue weighted by molar-refractivity contribution is 7.61. The highest BCUT2D eigenvalue weighted by Crippen LogP contribution is 2.61. The van der Waals surface area contributed by atoms with Crippen molar-refractivity contribution < 1.29 is 75.7 Å². The zero-order valence-corrected chi connectivity index (χ0v) is 30.5. The van der Waals surface area contributed by atoms with Gasteiger partial charge in [-0.2, -0.15) is 4.31 Å². The van der Waals surface area contributed by atoms with Crippen molar-refractivity contribution in [1.29, 1.82) is 0 Å². The lowest BCUT2D eigenvalue weighted by Gasteiger charge is -2.30. The second-order valence-corrected chi connectivity index (χ2v) is 17.0. The smallest absolute Gasteiger partial charge is 0.390 e. The van der Waals surface area contributed by atoms with Gasteiger partial charge in [-0.15, -0.1) is 0 Å². The summed E-state index contributed by atoms with van der Waals surface area (Å²) in [6.07, 6.45) is -6.23. The predicted molar refractivity (Wildman–Crippen MR) is 171 cm³/mol. The van der Waals surface area contributed by atoms with Crippen molar-refractivity contribution in [3.63, 3.8) is 0 Å². The summed E-state index contributed by atoms with van der Waals surface area (Å²) in [7, 11) is -16.3. The van der Waals surface area contributed by atoms with Gasteiger partial charge in [0, 0.05) is 18.4 Å². The van der Waals surface area contributed by atoms with Gasteiger partial charge in [0.15, 0.2) is 17.7 Å².